The molecule has 0 spiro atoms. The van der Waals surface area contributed by atoms with Gasteiger partial charge in [-0.25, -0.2) is 0 Å². The van der Waals surface area contributed by atoms with Crippen LogP contribution >= 0.6 is 12.2 Å². The zero-order valence-corrected chi connectivity index (χ0v) is 10.4. The summed E-state index contributed by atoms with van der Waals surface area (Å²) < 4.78 is 0. The van der Waals surface area contributed by atoms with Crippen LogP contribution in [-0.4, -0.2) is 10.7 Å². The average Bonchev–Trinajstić information content (AvgIpc) is 2.14. The van der Waals surface area contributed by atoms with Crippen LogP contribution in [0.4, 0.5) is 0 Å². The second-order valence-electron chi connectivity index (χ2n) is 3.25. The van der Waals surface area contributed by atoms with Gasteiger partial charge < -0.3 is 11.1 Å². The van der Waals surface area contributed by atoms with E-state index in [2.05, 4.69) is 23.8 Å². The lowest BCUT2D eigenvalue weighted by Crippen LogP contribution is -2.27. The highest BCUT2D eigenvalue weighted by atomic mass is 32.1. The van der Waals surface area contributed by atoms with Gasteiger partial charge >= 0.3 is 0 Å². The maximum absolute atomic E-state index is 5.75. The summed E-state index contributed by atoms with van der Waals surface area (Å²) in [7, 11) is 0. The Morgan fingerprint density at radius 3 is 2.53 bits per heavy atom. The van der Waals surface area contributed by atoms with E-state index in [0.717, 1.165) is 29.2 Å². The van der Waals surface area contributed by atoms with Crippen LogP contribution in [-0.2, 0) is 0 Å². The summed E-state index contributed by atoms with van der Waals surface area (Å²) in [5, 5.41) is 3.11. The Bertz CT molecular complexity index is 299. The summed E-state index contributed by atoms with van der Waals surface area (Å²) >= 11 is 5.17. The number of nitrogens with two attached hydrogens (primary N) is 1. The number of hydrogen-bond acceptors (Lipinski definition) is 3. The molecule has 0 heterocycles. The zero-order valence-electron chi connectivity index (χ0n) is 9.63. The molecular formula is C11H19N3S. The van der Waals surface area contributed by atoms with Gasteiger partial charge in [-0.2, -0.15) is 0 Å². The molecule has 0 aromatic carbocycles. The summed E-state index contributed by atoms with van der Waals surface area (Å²) in [4.78, 5) is 4.87. The Kier molecular flexibility index (Phi) is 6.62. The van der Waals surface area contributed by atoms with Crippen molar-refractivity contribution in [2.45, 2.75) is 33.6 Å². The smallest absolute Gasteiger partial charge is 0.0798 e. The Morgan fingerprint density at radius 2 is 2.13 bits per heavy atom. The number of hydrogen-bond donors (Lipinski definition) is 2. The molecule has 15 heavy (non-hydrogen) atoms. The molecule has 0 saturated carbocycles. The molecule has 0 aromatic rings. The van der Waals surface area contributed by atoms with Crippen molar-refractivity contribution in [3.8, 4) is 0 Å². The Labute approximate surface area is 97.2 Å². The van der Waals surface area contributed by atoms with Gasteiger partial charge in [-0.05, 0) is 26.7 Å². The molecule has 0 aliphatic rings. The minimum absolute atomic E-state index is 0.677. The summed E-state index contributed by atoms with van der Waals surface area (Å²) in [6.07, 6.45) is 3.36. The number of nitrogens with one attached hydrogen (secondary N) is 1. The quantitative estimate of drug-likeness (QED) is 0.558. The maximum atomic E-state index is 5.75. The largest absolute Gasteiger partial charge is 0.401 e. The number of nitrogens with zero attached hydrogens (tertiary/aromatic N) is 1. The zero-order chi connectivity index (χ0) is 11.8. The van der Waals surface area contributed by atoms with Gasteiger partial charge in [0.15, 0.2) is 0 Å². The van der Waals surface area contributed by atoms with Crippen LogP contribution in [0.5, 0.6) is 0 Å². The molecule has 0 unspecified atom stereocenters. The van der Waals surface area contributed by atoms with Crippen LogP contribution in [0.3, 0.4) is 0 Å². The number of thiocarbonyl (C=S) groups is 1. The highest BCUT2D eigenvalue weighted by molar-refractivity contribution is 7.80. The summed E-state index contributed by atoms with van der Waals surface area (Å²) in [6, 6.07) is 0. The van der Waals surface area contributed by atoms with Crippen molar-refractivity contribution in [3.63, 3.8) is 0 Å². The minimum atomic E-state index is 0.677. The van der Waals surface area contributed by atoms with E-state index in [1.54, 1.807) is 0 Å². The molecule has 0 radical (unpaired) electrons. The van der Waals surface area contributed by atoms with Crippen molar-refractivity contribution in [2.24, 2.45) is 10.7 Å². The van der Waals surface area contributed by atoms with Gasteiger partial charge in [0.05, 0.1) is 16.4 Å². The predicted octanol–water partition coefficient (Wildman–Crippen LogP) is 2.50. The highest BCUT2D eigenvalue weighted by Gasteiger charge is 2.06. The Balaban J connectivity index is 4.73. The molecule has 3 nitrogen and oxygen atoms in total. The van der Waals surface area contributed by atoms with E-state index >= 15 is 0 Å². The first-order valence-corrected chi connectivity index (χ1v) is 5.35. The fraction of sp³-hybridized carbons (Fsp3) is 0.455. The average molecular weight is 225 g/mol. The standard InChI is InChI=1S/C11H19N3S/c1-5-7-10(15)14-11(8(3)12)9(4)13-6-2/h6H,2,5,7,12H2,1,3-4H3,(H,14,15)/b11-8-,13-9?. The maximum Gasteiger partial charge on any atom is 0.0798 e. The van der Waals surface area contributed by atoms with Crippen LogP contribution in [0.2, 0.25) is 0 Å². The van der Waals surface area contributed by atoms with Crippen molar-refractivity contribution < 1.29 is 0 Å². The lowest BCUT2D eigenvalue weighted by atomic mass is 10.2. The third-order valence-electron chi connectivity index (χ3n) is 1.78. The van der Waals surface area contributed by atoms with Crippen LogP contribution in [0.15, 0.2) is 29.2 Å². The Morgan fingerprint density at radius 1 is 1.53 bits per heavy atom. The molecule has 0 rings (SSSR count). The predicted molar refractivity (Wildman–Crippen MR) is 70.8 cm³/mol. The van der Waals surface area contributed by atoms with Gasteiger partial charge in [-0.3, -0.25) is 4.99 Å². The topological polar surface area (TPSA) is 50.4 Å². The van der Waals surface area contributed by atoms with Crippen LogP contribution in [0, 0.1) is 0 Å². The van der Waals surface area contributed by atoms with Crippen molar-refractivity contribution >= 4 is 22.9 Å². The molecule has 0 amide bonds. The molecule has 0 atom stereocenters. The molecule has 0 fully saturated rings. The van der Waals surface area contributed by atoms with Gasteiger partial charge in [0.25, 0.3) is 0 Å². The van der Waals surface area contributed by atoms with Crippen molar-refractivity contribution in [2.75, 3.05) is 0 Å². The minimum Gasteiger partial charge on any atom is -0.401 e. The monoisotopic (exact) mass is 225 g/mol. The third kappa shape index (κ3) is 5.32. The molecule has 3 N–H and O–H groups in total. The molecule has 0 aliphatic carbocycles. The van der Waals surface area contributed by atoms with E-state index < -0.39 is 0 Å². The van der Waals surface area contributed by atoms with E-state index in [0.29, 0.717) is 5.70 Å². The molecule has 4 heteroatoms. The van der Waals surface area contributed by atoms with Gasteiger partial charge in [0.1, 0.15) is 0 Å². The van der Waals surface area contributed by atoms with Crippen molar-refractivity contribution in [1.29, 1.82) is 0 Å². The third-order valence-corrected chi connectivity index (χ3v) is 2.09. The normalized spacial score (nSPS) is 13.1. The second kappa shape index (κ2) is 7.17. The van der Waals surface area contributed by atoms with Crippen LogP contribution < -0.4 is 11.1 Å². The molecule has 0 aromatic heterocycles. The van der Waals surface area contributed by atoms with E-state index in [-0.39, 0.29) is 0 Å². The number of allylic oxidation sites excluding steroid dienone is 2. The first-order chi connectivity index (χ1) is 7.02. The van der Waals surface area contributed by atoms with Crippen LogP contribution in [0.1, 0.15) is 33.6 Å². The lowest BCUT2D eigenvalue weighted by molar-refractivity contribution is 0.965. The Hall–Kier alpha value is -1.16. The fourth-order valence-corrected chi connectivity index (χ4v) is 1.41. The SMILES string of the molecule is C=CN=C(C)/C(NC(=S)CCC)=C(\C)N. The molecule has 0 bridgehead atoms. The molecule has 84 valence electrons. The molecule has 0 saturated heterocycles. The van der Waals surface area contributed by atoms with Gasteiger partial charge in [-0.1, -0.05) is 25.7 Å². The van der Waals surface area contributed by atoms with Crippen LogP contribution in [0.25, 0.3) is 0 Å². The fourth-order valence-electron chi connectivity index (χ4n) is 1.10. The molecular weight excluding hydrogens is 206 g/mol. The van der Waals surface area contributed by atoms with Gasteiger partial charge in [0, 0.05) is 11.9 Å². The van der Waals surface area contributed by atoms with Crippen molar-refractivity contribution in [3.05, 3.63) is 24.2 Å². The van der Waals surface area contributed by atoms with Crippen molar-refractivity contribution in [1.82, 2.24) is 5.32 Å². The summed E-state index contributed by atoms with van der Waals surface area (Å²) in [5.74, 6) is 0. The highest BCUT2D eigenvalue weighted by Crippen LogP contribution is 2.01. The van der Waals surface area contributed by atoms with E-state index in [4.69, 9.17) is 18.0 Å². The van der Waals surface area contributed by atoms with E-state index in [1.165, 1.54) is 6.20 Å². The first-order valence-electron chi connectivity index (χ1n) is 4.94. The molecule has 0 aliphatic heterocycles. The van der Waals surface area contributed by atoms with Gasteiger partial charge in [-0.15, -0.1) is 0 Å². The number of rotatable bonds is 5. The van der Waals surface area contributed by atoms with E-state index in [1.807, 2.05) is 13.8 Å². The second-order valence-corrected chi connectivity index (χ2v) is 3.75. The van der Waals surface area contributed by atoms with E-state index in [9.17, 15) is 0 Å². The number of aliphatic imine (C=N–C) groups is 1. The summed E-state index contributed by atoms with van der Waals surface area (Å²) in [6.45, 7) is 9.32. The first kappa shape index (κ1) is 13.8. The summed E-state index contributed by atoms with van der Waals surface area (Å²) in [5.41, 5.74) is 8.01. The van der Waals surface area contributed by atoms with Gasteiger partial charge in [0.2, 0.25) is 0 Å². The lowest BCUT2D eigenvalue weighted by Gasteiger charge is -2.12.